The summed E-state index contributed by atoms with van der Waals surface area (Å²) >= 11 is 0. The summed E-state index contributed by atoms with van der Waals surface area (Å²) < 4.78 is 26.5. The Labute approximate surface area is 88.6 Å². The van der Waals surface area contributed by atoms with E-state index in [1.807, 2.05) is 6.92 Å². The van der Waals surface area contributed by atoms with Crippen LogP contribution in [0.1, 0.15) is 12.6 Å². The second kappa shape index (κ2) is 4.31. The first-order chi connectivity index (χ1) is 6.98. The van der Waals surface area contributed by atoms with Gasteiger partial charge in [-0.2, -0.15) is 10.4 Å². The van der Waals surface area contributed by atoms with Gasteiger partial charge in [-0.05, 0) is 6.42 Å². The molecule has 0 atom stereocenters. The number of nitrogens with one attached hydrogen (secondary N) is 1. The number of anilines is 1. The van der Waals surface area contributed by atoms with Crippen LogP contribution in [0.25, 0.3) is 0 Å². The Balaban J connectivity index is 2.95. The molecule has 0 fully saturated rings. The van der Waals surface area contributed by atoms with Gasteiger partial charge in [-0.15, -0.1) is 0 Å². The van der Waals surface area contributed by atoms with Crippen molar-refractivity contribution in [2.75, 3.05) is 10.5 Å². The molecule has 1 aromatic heterocycles. The summed E-state index contributed by atoms with van der Waals surface area (Å²) in [4.78, 5) is 0. The maximum atomic E-state index is 11.3. The van der Waals surface area contributed by atoms with E-state index < -0.39 is 15.8 Å². The van der Waals surface area contributed by atoms with Gasteiger partial charge in [0.1, 0.15) is 0 Å². The van der Waals surface area contributed by atoms with Crippen molar-refractivity contribution in [1.29, 1.82) is 5.26 Å². The van der Waals surface area contributed by atoms with E-state index in [1.165, 1.54) is 4.68 Å². The summed E-state index contributed by atoms with van der Waals surface area (Å²) in [5.41, 5.74) is 1.11. The Morgan fingerprint density at radius 3 is 2.87 bits per heavy atom. The molecule has 82 valence electrons. The SMILES string of the molecule is CCc1nn(C)cc1NS(=O)(=O)CC#N. The summed E-state index contributed by atoms with van der Waals surface area (Å²) in [5, 5.41) is 12.4. The minimum Gasteiger partial charge on any atom is -0.279 e. The molecule has 0 saturated heterocycles. The van der Waals surface area contributed by atoms with E-state index in [0.29, 0.717) is 17.8 Å². The van der Waals surface area contributed by atoms with Crippen molar-refractivity contribution in [3.8, 4) is 6.07 Å². The van der Waals surface area contributed by atoms with Crippen molar-refractivity contribution >= 4 is 15.7 Å². The first-order valence-corrected chi connectivity index (χ1v) is 6.03. The molecule has 0 aliphatic rings. The Hall–Kier alpha value is -1.55. The van der Waals surface area contributed by atoms with Crippen LogP contribution in [0.5, 0.6) is 0 Å². The highest BCUT2D eigenvalue weighted by atomic mass is 32.2. The smallest absolute Gasteiger partial charge is 0.246 e. The molecule has 0 unspecified atom stereocenters. The summed E-state index contributed by atoms with van der Waals surface area (Å²) in [6, 6.07) is 1.59. The minimum atomic E-state index is -3.57. The molecule has 15 heavy (non-hydrogen) atoms. The quantitative estimate of drug-likeness (QED) is 0.800. The van der Waals surface area contributed by atoms with Crippen LogP contribution < -0.4 is 4.72 Å². The van der Waals surface area contributed by atoms with Gasteiger partial charge in [-0.3, -0.25) is 9.40 Å². The Morgan fingerprint density at radius 2 is 2.33 bits per heavy atom. The monoisotopic (exact) mass is 228 g/mol. The van der Waals surface area contributed by atoms with Gasteiger partial charge in [0.15, 0.2) is 5.75 Å². The highest BCUT2D eigenvalue weighted by Gasteiger charge is 2.13. The third-order valence-corrected chi connectivity index (χ3v) is 2.80. The molecule has 1 N–H and O–H groups in total. The molecular weight excluding hydrogens is 216 g/mol. The van der Waals surface area contributed by atoms with Crippen LogP contribution in [0.2, 0.25) is 0 Å². The van der Waals surface area contributed by atoms with Gasteiger partial charge in [0.25, 0.3) is 0 Å². The number of sulfonamides is 1. The average molecular weight is 228 g/mol. The molecule has 0 bridgehead atoms. The highest BCUT2D eigenvalue weighted by molar-refractivity contribution is 7.92. The number of hydrogen-bond donors (Lipinski definition) is 1. The van der Waals surface area contributed by atoms with Crippen molar-refractivity contribution < 1.29 is 8.42 Å². The maximum Gasteiger partial charge on any atom is 0.246 e. The number of hydrogen-bond acceptors (Lipinski definition) is 4. The second-order valence-electron chi connectivity index (χ2n) is 3.04. The molecule has 1 aromatic rings. The standard InChI is InChI=1S/C8H12N4O2S/c1-3-7-8(6-12(2)10-7)11-15(13,14)5-4-9/h6,11H,3,5H2,1-2H3. The van der Waals surface area contributed by atoms with Gasteiger partial charge in [0.2, 0.25) is 10.0 Å². The normalized spacial score (nSPS) is 11.0. The lowest BCUT2D eigenvalue weighted by atomic mass is 10.3. The van der Waals surface area contributed by atoms with Crippen LogP contribution in [-0.2, 0) is 23.5 Å². The molecule has 0 aliphatic carbocycles. The third kappa shape index (κ3) is 2.95. The predicted molar refractivity (Wildman–Crippen MR) is 55.6 cm³/mol. The minimum absolute atomic E-state index is 0.440. The van der Waals surface area contributed by atoms with Crippen LogP contribution in [-0.4, -0.2) is 24.0 Å². The van der Waals surface area contributed by atoms with Crippen LogP contribution in [0.3, 0.4) is 0 Å². The Kier molecular flexibility index (Phi) is 3.31. The molecule has 0 amide bonds. The van der Waals surface area contributed by atoms with Crippen molar-refractivity contribution in [3.05, 3.63) is 11.9 Å². The van der Waals surface area contributed by atoms with E-state index in [1.54, 1.807) is 19.3 Å². The fraction of sp³-hybridized carbons (Fsp3) is 0.500. The molecular formula is C8H12N4O2S. The topological polar surface area (TPSA) is 87.8 Å². The van der Waals surface area contributed by atoms with Crippen molar-refractivity contribution in [2.45, 2.75) is 13.3 Å². The summed E-state index contributed by atoms with van der Waals surface area (Å²) in [5.74, 6) is -0.551. The van der Waals surface area contributed by atoms with Gasteiger partial charge in [0.05, 0.1) is 17.5 Å². The highest BCUT2D eigenvalue weighted by Crippen LogP contribution is 2.15. The van der Waals surface area contributed by atoms with E-state index in [9.17, 15) is 8.42 Å². The molecule has 0 aliphatic heterocycles. The maximum absolute atomic E-state index is 11.3. The number of rotatable bonds is 4. The van der Waals surface area contributed by atoms with E-state index in [4.69, 9.17) is 5.26 Å². The summed E-state index contributed by atoms with van der Waals surface area (Å²) in [6.45, 7) is 1.88. The summed E-state index contributed by atoms with van der Waals surface area (Å²) in [7, 11) is -1.86. The average Bonchev–Trinajstić information content (AvgIpc) is 2.44. The lowest BCUT2D eigenvalue weighted by Crippen LogP contribution is -2.16. The van der Waals surface area contributed by atoms with Gasteiger partial charge in [-0.1, -0.05) is 6.92 Å². The molecule has 0 spiro atoms. The molecule has 0 saturated carbocycles. The fourth-order valence-electron chi connectivity index (χ4n) is 1.17. The number of aryl methyl sites for hydroxylation is 2. The molecule has 7 heteroatoms. The first kappa shape index (κ1) is 11.5. The van der Waals surface area contributed by atoms with E-state index in [2.05, 4.69) is 9.82 Å². The first-order valence-electron chi connectivity index (χ1n) is 4.38. The Morgan fingerprint density at radius 1 is 1.67 bits per heavy atom. The molecule has 1 heterocycles. The van der Waals surface area contributed by atoms with Crippen LogP contribution in [0, 0.1) is 11.3 Å². The van der Waals surface area contributed by atoms with Crippen LogP contribution in [0.4, 0.5) is 5.69 Å². The fourth-order valence-corrected chi connectivity index (χ4v) is 1.92. The molecule has 6 nitrogen and oxygen atoms in total. The zero-order valence-electron chi connectivity index (χ0n) is 8.56. The lowest BCUT2D eigenvalue weighted by molar-refractivity contribution is 0.604. The zero-order valence-corrected chi connectivity index (χ0v) is 9.37. The van der Waals surface area contributed by atoms with Crippen molar-refractivity contribution in [3.63, 3.8) is 0 Å². The lowest BCUT2D eigenvalue weighted by Gasteiger charge is -2.02. The largest absolute Gasteiger partial charge is 0.279 e. The van der Waals surface area contributed by atoms with Gasteiger partial charge < -0.3 is 0 Å². The molecule has 0 radical (unpaired) electrons. The number of nitriles is 1. The van der Waals surface area contributed by atoms with Gasteiger partial charge >= 0.3 is 0 Å². The third-order valence-electron chi connectivity index (χ3n) is 1.76. The van der Waals surface area contributed by atoms with Crippen LogP contribution in [0.15, 0.2) is 6.20 Å². The van der Waals surface area contributed by atoms with E-state index in [-0.39, 0.29) is 0 Å². The van der Waals surface area contributed by atoms with Gasteiger partial charge in [0, 0.05) is 13.2 Å². The summed E-state index contributed by atoms with van der Waals surface area (Å²) in [6.07, 6.45) is 2.21. The zero-order chi connectivity index (χ0) is 11.5. The predicted octanol–water partition coefficient (Wildman–Crippen LogP) is 0.248. The number of aromatic nitrogens is 2. The van der Waals surface area contributed by atoms with Crippen LogP contribution >= 0.6 is 0 Å². The Bertz CT molecular complexity index is 483. The van der Waals surface area contributed by atoms with E-state index in [0.717, 1.165) is 0 Å². The van der Waals surface area contributed by atoms with E-state index >= 15 is 0 Å². The molecule has 1 rings (SSSR count). The van der Waals surface area contributed by atoms with Crippen molar-refractivity contribution in [2.24, 2.45) is 7.05 Å². The molecule has 0 aromatic carbocycles. The second-order valence-corrected chi connectivity index (χ2v) is 4.76. The van der Waals surface area contributed by atoms with Gasteiger partial charge in [-0.25, -0.2) is 8.42 Å². The van der Waals surface area contributed by atoms with Crippen molar-refractivity contribution in [1.82, 2.24) is 9.78 Å². The number of nitrogens with zero attached hydrogens (tertiary/aromatic N) is 3.